The number of amides is 4. The third-order valence-electron chi connectivity index (χ3n) is 9.52. The lowest BCUT2D eigenvalue weighted by Crippen LogP contribution is -2.43. The molecule has 0 saturated carbocycles. The molecule has 2 fully saturated rings. The molecule has 6 rings (SSSR count). The van der Waals surface area contributed by atoms with Crippen LogP contribution in [0.15, 0.2) is 109 Å². The predicted molar refractivity (Wildman–Crippen MR) is 192 cm³/mol. The van der Waals surface area contributed by atoms with Crippen LogP contribution < -0.4 is 10.6 Å². The summed E-state index contributed by atoms with van der Waals surface area (Å²) >= 11 is 0. The normalized spacial score (nSPS) is 17.1. The van der Waals surface area contributed by atoms with Gasteiger partial charge < -0.3 is 20.4 Å². The van der Waals surface area contributed by atoms with Crippen molar-refractivity contribution in [2.45, 2.75) is 69.9 Å². The van der Waals surface area contributed by atoms with Crippen molar-refractivity contribution < 1.29 is 19.2 Å². The molecule has 0 spiro atoms. The van der Waals surface area contributed by atoms with Crippen LogP contribution in [-0.4, -0.2) is 58.6 Å². The monoisotopic (exact) mass is 656 g/mol. The molecular formula is C41H44N4O4. The smallest absolute Gasteiger partial charge is 0.247 e. The van der Waals surface area contributed by atoms with E-state index in [0.29, 0.717) is 38.8 Å². The Bertz CT molecular complexity index is 1600. The van der Waals surface area contributed by atoms with Gasteiger partial charge in [0.25, 0.3) is 0 Å². The molecule has 2 aliphatic heterocycles. The molecule has 2 heterocycles. The van der Waals surface area contributed by atoms with Crippen molar-refractivity contribution in [1.29, 1.82) is 0 Å². The molecule has 0 unspecified atom stereocenters. The third-order valence-corrected chi connectivity index (χ3v) is 9.52. The van der Waals surface area contributed by atoms with Gasteiger partial charge in [-0.15, -0.1) is 0 Å². The van der Waals surface area contributed by atoms with Crippen molar-refractivity contribution in [2.75, 3.05) is 23.7 Å². The molecular weight excluding hydrogens is 612 g/mol. The summed E-state index contributed by atoms with van der Waals surface area (Å²) in [5.74, 6) is -0.296. The lowest BCUT2D eigenvalue weighted by Gasteiger charge is -2.24. The topological polar surface area (TPSA) is 98.8 Å². The van der Waals surface area contributed by atoms with E-state index in [1.165, 1.54) is 11.1 Å². The van der Waals surface area contributed by atoms with Crippen LogP contribution >= 0.6 is 0 Å². The highest BCUT2D eigenvalue weighted by Gasteiger charge is 2.35. The number of hydrogen-bond donors (Lipinski definition) is 2. The van der Waals surface area contributed by atoms with E-state index < -0.39 is 12.1 Å². The van der Waals surface area contributed by atoms with Gasteiger partial charge in [-0.1, -0.05) is 84.9 Å². The van der Waals surface area contributed by atoms with Crippen molar-refractivity contribution in [1.82, 2.24) is 9.80 Å². The SMILES string of the molecule is O=C(Nc1ccc(CCCc2ccc(NC(=O)[C@@H]3CCCN3C(=O)Cc3ccccc3)cc2)cc1)[C@@H]1CCCN1C(=O)Cc1ccccc1. The number of aryl methyl sites for hydroxylation is 2. The summed E-state index contributed by atoms with van der Waals surface area (Å²) in [6.07, 6.45) is 6.35. The Hall–Kier alpha value is -5.24. The minimum atomic E-state index is -0.442. The van der Waals surface area contributed by atoms with Crippen LogP contribution in [0.25, 0.3) is 0 Å². The fourth-order valence-electron chi connectivity index (χ4n) is 6.88. The van der Waals surface area contributed by atoms with Crippen LogP contribution in [-0.2, 0) is 44.9 Å². The molecule has 8 nitrogen and oxygen atoms in total. The minimum absolute atomic E-state index is 0.0122. The number of anilines is 2. The van der Waals surface area contributed by atoms with Gasteiger partial charge in [-0.2, -0.15) is 0 Å². The van der Waals surface area contributed by atoms with Crippen molar-refractivity contribution in [3.05, 3.63) is 131 Å². The lowest BCUT2D eigenvalue weighted by atomic mass is 10.0. The Balaban J connectivity index is 0.928. The quantitative estimate of drug-likeness (QED) is 0.190. The average molecular weight is 657 g/mol. The average Bonchev–Trinajstić information content (AvgIpc) is 3.82. The molecule has 4 amide bonds. The first-order valence-electron chi connectivity index (χ1n) is 17.4. The van der Waals surface area contributed by atoms with Crippen LogP contribution in [0.1, 0.15) is 54.4 Å². The summed E-state index contributed by atoms with van der Waals surface area (Å²) in [7, 11) is 0. The molecule has 2 saturated heterocycles. The molecule has 2 atom stereocenters. The molecule has 0 aromatic heterocycles. The molecule has 4 aromatic carbocycles. The Labute approximate surface area is 288 Å². The fraction of sp³-hybridized carbons (Fsp3) is 0.317. The summed E-state index contributed by atoms with van der Waals surface area (Å²) in [6.45, 7) is 1.22. The summed E-state index contributed by atoms with van der Waals surface area (Å²) < 4.78 is 0. The van der Waals surface area contributed by atoms with Crippen molar-refractivity contribution >= 4 is 35.0 Å². The van der Waals surface area contributed by atoms with E-state index in [2.05, 4.69) is 10.6 Å². The van der Waals surface area contributed by atoms with E-state index >= 15 is 0 Å². The number of rotatable bonds is 12. The van der Waals surface area contributed by atoms with E-state index in [1.807, 2.05) is 109 Å². The van der Waals surface area contributed by atoms with Gasteiger partial charge in [-0.05, 0) is 91.5 Å². The zero-order valence-electron chi connectivity index (χ0n) is 27.9. The van der Waals surface area contributed by atoms with Crippen molar-refractivity contribution in [3.63, 3.8) is 0 Å². The van der Waals surface area contributed by atoms with Crippen LogP contribution in [0.3, 0.4) is 0 Å². The van der Waals surface area contributed by atoms with Gasteiger partial charge in [-0.3, -0.25) is 19.2 Å². The molecule has 0 radical (unpaired) electrons. The molecule has 0 bridgehead atoms. The zero-order chi connectivity index (χ0) is 34.0. The Morgan fingerprint density at radius 3 is 1.29 bits per heavy atom. The number of carbonyl (C=O) groups is 4. The standard InChI is InChI=1S/C41H44N4O4/c46-38(28-32-10-3-1-4-11-32)44-26-8-16-36(44)40(48)42-34-22-18-30(19-23-34)14-7-15-31-20-24-35(25-21-31)43-41(49)37-17-9-27-45(37)39(47)29-33-12-5-2-6-13-33/h1-6,10-13,18-25,36-37H,7-9,14-17,26-29H2,(H,42,48)(H,43,49)/t36-,37-/m0/s1. The van der Waals surface area contributed by atoms with Crippen LogP contribution in [0.5, 0.6) is 0 Å². The van der Waals surface area contributed by atoms with Crippen molar-refractivity contribution in [2.24, 2.45) is 0 Å². The van der Waals surface area contributed by atoms with Crippen LogP contribution in [0.2, 0.25) is 0 Å². The number of nitrogens with one attached hydrogen (secondary N) is 2. The Morgan fingerprint density at radius 1 is 0.510 bits per heavy atom. The number of likely N-dealkylation sites (tertiary alicyclic amines) is 2. The maximum absolute atomic E-state index is 13.1. The van der Waals surface area contributed by atoms with Gasteiger partial charge in [0.2, 0.25) is 23.6 Å². The van der Waals surface area contributed by atoms with Gasteiger partial charge in [0.05, 0.1) is 12.8 Å². The van der Waals surface area contributed by atoms with E-state index in [-0.39, 0.29) is 23.6 Å². The molecule has 49 heavy (non-hydrogen) atoms. The minimum Gasteiger partial charge on any atom is -0.330 e. The second kappa shape index (κ2) is 16.2. The molecule has 4 aromatic rings. The van der Waals surface area contributed by atoms with E-state index in [4.69, 9.17) is 0 Å². The second-order valence-electron chi connectivity index (χ2n) is 13.0. The first-order chi connectivity index (χ1) is 23.9. The van der Waals surface area contributed by atoms with Gasteiger partial charge in [-0.25, -0.2) is 0 Å². The van der Waals surface area contributed by atoms with E-state index in [1.54, 1.807) is 9.80 Å². The van der Waals surface area contributed by atoms with Gasteiger partial charge in [0.1, 0.15) is 12.1 Å². The highest BCUT2D eigenvalue weighted by Crippen LogP contribution is 2.23. The van der Waals surface area contributed by atoms with Crippen LogP contribution in [0, 0.1) is 0 Å². The predicted octanol–water partition coefficient (Wildman–Crippen LogP) is 6.21. The summed E-state index contributed by atoms with van der Waals surface area (Å²) in [5, 5.41) is 6.03. The Kier molecular flexibility index (Phi) is 11.2. The van der Waals surface area contributed by atoms with Gasteiger partial charge in [0.15, 0.2) is 0 Å². The van der Waals surface area contributed by atoms with Gasteiger partial charge in [0, 0.05) is 24.5 Å². The van der Waals surface area contributed by atoms with E-state index in [0.717, 1.165) is 54.6 Å². The highest BCUT2D eigenvalue weighted by atomic mass is 16.2. The number of carbonyl (C=O) groups excluding carboxylic acids is 4. The molecule has 2 aliphatic rings. The van der Waals surface area contributed by atoms with E-state index in [9.17, 15) is 19.2 Å². The number of hydrogen-bond acceptors (Lipinski definition) is 4. The first kappa shape index (κ1) is 33.7. The molecule has 8 heteroatoms. The zero-order valence-corrected chi connectivity index (χ0v) is 27.9. The summed E-state index contributed by atoms with van der Waals surface area (Å²) in [4.78, 5) is 55.5. The third kappa shape index (κ3) is 9.02. The summed E-state index contributed by atoms with van der Waals surface area (Å²) in [6, 6.07) is 34.3. The van der Waals surface area contributed by atoms with Crippen molar-refractivity contribution in [3.8, 4) is 0 Å². The second-order valence-corrected chi connectivity index (χ2v) is 13.0. The first-order valence-corrected chi connectivity index (χ1v) is 17.4. The molecule has 0 aliphatic carbocycles. The largest absolute Gasteiger partial charge is 0.330 e. The fourth-order valence-corrected chi connectivity index (χ4v) is 6.88. The molecule has 2 N–H and O–H groups in total. The van der Waals surface area contributed by atoms with Gasteiger partial charge >= 0.3 is 0 Å². The number of nitrogens with zero attached hydrogens (tertiary/aromatic N) is 2. The summed E-state index contributed by atoms with van der Waals surface area (Å²) in [5.41, 5.74) is 5.74. The molecule has 252 valence electrons. The lowest BCUT2D eigenvalue weighted by molar-refractivity contribution is -0.136. The van der Waals surface area contributed by atoms with Crippen LogP contribution in [0.4, 0.5) is 11.4 Å². The highest BCUT2D eigenvalue weighted by molar-refractivity contribution is 5.98. The maximum Gasteiger partial charge on any atom is 0.247 e. The number of benzene rings is 4. The maximum atomic E-state index is 13.1. The Morgan fingerprint density at radius 2 is 0.898 bits per heavy atom.